The number of hydrogen-bond acceptors (Lipinski definition) is 6. The number of hydrogen-bond donors (Lipinski definition) is 2. The fraction of sp³-hybridized carbons (Fsp3) is 0.375. The van der Waals surface area contributed by atoms with E-state index in [1.54, 1.807) is 6.07 Å². The number of nitrogens with one attached hydrogen (secondary N) is 1. The first kappa shape index (κ1) is 11.4. The van der Waals surface area contributed by atoms with Crippen molar-refractivity contribution in [2.75, 3.05) is 5.75 Å². The molecule has 0 unspecified atom stereocenters. The summed E-state index contributed by atoms with van der Waals surface area (Å²) in [4.78, 5) is 21.6. The van der Waals surface area contributed by atoms with Crippen molar-refractivity contribution in [3.63, 3.8) is 0 Å². The summed E-state index contributed by atoms with van der Waals surface area (Å²) < 4.78 is 0. The molecule has 1 aromatic rings. The molecule has 0 amide bonds. The van der Waals surface area contributed by atoms with Crippen LogP contribution in [-0.4, -0.2) is 27.8 Å². The van der Waals surface area contributed by atoms with Crippen LogP contribution in [0, 0.1) is 10.1 Å². The van der Waals surface area contributed by atoms with Crippen LogP contribution in [0.2, 0.25) is 0 Å². The molecule has 2 rings (SSSR count). The molecule has 6 nitrogen and oxygen atoms in total. The normalized spacial score (nSPS) is 24.5. The average molecular weight is 260 g/mol. The largest absolute Gasteiger partial charge is 0.480 e. The van der Waals surface area contributed by atoms with E-state index >= 15 is 0 Å². The van der Waals surface area contributed by atoms with Gasteiger partial charge in [-0.05, 0) is 6.07 Å². The van der Waals surface area contributed by atoms with Gasteiger partial charge in [-0.2, -0.15) is 0 Å². The number of carbonyl (C=O) groups is 1. The van der Waals surface area contributed by atoms with E-state index in [9.17, 15) is 14.9 Å². The zero-order valence-corrected chi connectivity index (χ0v) is 9.59. The molecule has 2 heterocycles. The number of nitro groups is 1. The number of carboxylic acids is 1. The van der Waals surface area contributed by atoms with Crippen LogP contribution < -0.4 is 5.32 Å². The molecule has 16 heavy (non-hydrogen) atoms. The highest BCUT2D eigenvalue weighted by molar-refractivity contribution is 7.99. The molecule has 2 atom stereocenters. The Bertz CT molecular complexity index is 433. The SMILES string of the molecule is O=C(O)[C@@H]1CS[C@@H](c2ccc([N+](=O)[O-])s2)N1. The quantitative estimate of drug-likeness (QED) is 0.631. The number of carboxylic acid groups (broad SMARTS) is 1. The van der Waals surface area contributed by atoms with Gasteiger partial charge in [-0.25, -0.2) is 0 Å². The molecule has 0 aliphatic carbocycles. The molecule has 86 valence electrons. The standard InChI is InChI=1S/C8H8N2O4S2/c11-8(12)4-3-15-7(9-4)5-1-2-6(16-5)10(13)14/h1-2,4,7,9H,3H2,(H,11,12)/t4-,7-/m0/s1. The van der Waals surface area contributed by atoms with E-state index in [0.29, 0.717) is 5.75 Å². The van der Waals surface area contributed by atoms with Gasteiger partial charge in [-0.1, -0.05) is 11.3 Å². The summed E-state index contributed by atoms with van der Waals surface area (Å²) in [7, 11) is 0. The van der Waals surface area contributed by atoms with Crippen molar-refractivity contribution >= 4 is 34.1 Å². The van der Waals surface area contributed by atoms with E-state index in [4.69, 9.17) is 5.11 Å². The lowest BCUT2D eigenvalue weighted by Gasteiger charge is -2.07. The van der Waals surface area contributed by atoms with Gasteiger partial charge in [0.2, 0.25) is 0 Å². The highest BCUT2D eigenvalue weighted by atomic mass is 32.2. The first-order valence-electron chi connectivity index (χ1n) is 4.42. The fourth-order valence-electron chi connectivity index (χ4n) is 1.36. The molecule has 0 aromatic carbocycles. The maximum absolute atomic E-state index is 10.7. The van der Waals surface area contributed by atoms with Gasteiger partial charge < -0.3 is 5.11 Å². The van der Waals surface area contributed by atoms with Crippen molar-refractivity contribution in [2.24, 2.45) is 0 Å². The highest BCUT2D eigenvalue weighted by Gasteiger charge is 2.31. The smallest absolute Gasteiger partial charge is 0.324 e. The lowest BCUT2D eigenvalue weighted by Crippen LogP contribution is -2.33. The Hall–Kier alpha value is -1.12. The molecule has 0 saturated carbocycles. The monoisotopic (exact) mass is 260 g/mol. The van der Waals surface area contributed by atoms with Gasteiger partial charge in [-0.15, -0.1) is 11.8 Å². The Balaban J connectivity index is 2.08. The zero-order chi connectivity index (χ0) is 11.7. The number of rotatable bonds is 3. The molecule has 1 aromatic heterocycles. The van der Waals surface area contributed by atoms with E-state index in [-0.39, 0.29) is 10.4 Å². The van der Waals surface area contributed by atoms with Crippen LogP contribution in [0.3, 0.4) is 0 Å². The van der Waals surface area contributed by atoms with Gasteiger partial charge in [0.25, 0.3) is 0 Å². The summed E-state index contributed by atoms with van der Waals surface area (Å²) in [6, 6.07) is 2.53. The van der Waals surface area contributed by atoms with Crippen LogP contribution in [0.5, 0.6) is 0 Å². The summed E-state index contributed by atoms with van der Waals surface area (Å²) in [6.07, 6.45) is 0. The molecule has 0 bridgehead atoms. The average Bonchev–Trinajstić information content (AvgIpc) is 2.86. The van der Waals surface area contributed by atoms with Crippen LogP contribution in [0.1, 0.15) is 10.3 Å². The van der Waals surface area contributed by atoms with Crippen molar-refractivity contribution in [2.45, 2.75) is 11.4 Å². The fourth-order valence-corrected chi connectivity index (χ4v) is 3.60. The molecular weight excluding hydrogens is 252 g/mol. The van der Waals surface area contributed by atoms with Crippen LogP contribution in [0.4, 0.5) is 5.00 Å². The first-order valence-corrected chi connectivity index (χ1v) is 6.29. The second-order valence-electron chi connectivity index (χ2n) is 3.20. The summed E-state index contributed by atoms with van der Waals surface area (Å²) in [5.74, 6) is -0.410. The van der Waals surface area contributed by atoms with Gasteiger partial charge >= 0.3 is 11.0 Å². The third-order valence-electron chi connectivity index (χ3n) is 2.13. The Labute approximate surface area is 98.8 Å². The molecule has 1 aliphatic heterocycles. The molecule has 1 aliphatic rings. The van der Waals surface area contributed by atoms with E-state index in [2.05, 4.69) is 5.32 Å². The second-order valence-corrected chi connectivity index (χ2v) is 5.44. The van der Waals surface area contributed by atoms with Crippen LogP contribution in [0.25, 0.3) is 0 Å². The Morgan fingerprint density at radius 1 is 1.62 bits per heavy atom. The minimum absolute atomic E-state index is 0.0798. The van der Waals surface area contributed by atoms with Gasteiger partial charge in [0.15, 0.2) is 0 Å². The van der Waals surface area contributed by atoms with E-state index in [0.717, 1.165) is 16.2 Å². The van der Waals surface area contributed by atoms with E-state index in [1.165, 1.54) is 17.8 Å². The Morgan fingerprint density at radius 2 is 2.38 bits per heavy atom. The topological polar surface area (TPSA) is 92.5 Å². The van der Waals surface area contributed by atoms with E-state index in [1.807, 2.05) is 0 Å². The van der Waals surface area contributed by atoms with Gasteiger partial charge in [0.1, 0.15) is 6.04 Å². The maximum Gasteiger partial charge on any atom is 0.324 e. The lowest BCUT2D eigenvalue weighted by molar-refractivity contribution is -0.380. The van der Waals surface area contributed by atoms with Crippen LogP contribution in [0.15, 0.2) is 12.1 Å². The van der Waals surface area contributed by atoms with Gasteiger partial charge in [-0.3, -0.25) is 20.2 Å². The van der Waals surface area contributed by atoms with E-state index < -0.39 is 16.9 Å². The highest BCUT2D eigenvalue weighted by Crippen LogP contribution is 2.38. The molecule has 0 radical (unpaired) electrons. The molecular formula is C8H8N2O4S2. The van der Waals surface area contributed by atoms with Crippen molar-refractivity contribution in [3.05, 3.63) is 27.1 Å². The molecule has 1 saturated heterocycles. The predicted octanol–water partition coefficient (Wildman–Crippen LogP) is 1.44. The van der Waals surface area contributed by atoms with Crippen molar-refractivity contribution in [1.82, 2.24) is 5.32 Å². The molecule has 2 N–H and O–H groups in total. The zero-order valence-electron chi connectivity index (χ0n) is 7.95. The summed E-state index contributed by atoms with van der Waals surface area (Å²) >= 11 is 2.53. The third kappa shape index (κ3) is 2.18. The lowest BCUT2D eigenvalue weighted by atomic mass is 10.3. The molecule has 8 heteroatoms. The molecule has 1 fully saturated rings. The van der Waals surface area contributed by atoms with Crippen LogP contribution in [-0.2, 0) is 4.79 Å². The summed E-state index contributed by atoms with van der Waals surface area (Å²) in [5, 5.41) is 22.1. The Kier molecular flexibility index (Phi) is 3.13. The number of thiophene rings is 1. The van der Waals surface area contributed by atoms with Crippen molar-refractivity contribution in [1.29, 1.82) is 0 Å². The van der Waals surface area contributed by atoms with Crippen molar-refractivity contribution < 1.29 is 14.8 Å². The first-order chi connectivity index (χ1) is 7.58. The summed E-state index contributed by atoms with van der Waals surface area (Å²) in [6.45, 7) is 0. The second kappa shape index (κ2) is 4.40. The van der Waals surface area contributed by atoms with Crippen LogP contribution >= 0.6 is 23.1 Å². The minimum Gasteiger partial charge on any atom is -0.480 e. The molecule has 0 spiro atoms. The predicted molar refractivity (Wildman–Crippen MR) is 60.7 cm³/mol. The maximum atomic E-state index is 10.7. The van der Waals surface area contributed by atoms with Crippen molar-refractivity contribution in [3.8, 4) is 0 Å². The third-order valence-corrected chi connectivity index (χ3v) is 4.63. The van der Waals surface area contributed by atoms with Gasteiger partial charge in [0, 0.05) is 16.7 Å². The number of nitrogens with zero attached hydrogens (tertiary/aromatic N) is 1. The minimum atomic E-state index is -0.888. The Morgan fingerprint density at radius 3 is 2.88 bits per heavy atom. The summed E-state index contributed by atoms with van der Waals surface area (Å²) in [5.41, 5.74) is 0. The number of thioether (sulfide) groups is 1. The van der Waals surface area contributed by atoms with Gasteiger partial charge in [0.05, 0.1) is 10.3 Å². The number of aliphatic carboxylic acids is 1.